The zero-order valence-corrected chi connectivity index (χ0v) is 28.4. The molecule has 1 amide bonds. The maximum absolute atomic E-state index is 14.3. The first-order chi connectivity index (χ1) is 24.9. The van der Waals surface area contributed by atoms with Crippen LogP contribution >= 0.6 is 0 Å². The van der Waals surface area contributed by atoms with E-state index in [0.717, 1.165) is 62.7 Å². The average Bonchev–Trinajstić information content (AvgIpc) is 3.54. The second kappa shape index (κ2) is 15.0. The maximum Gasteiger partial charge on any atom is 0.255 e. The number of aromatic nitrogens is 4. The molecule has 2 N–H and O–H groups in total. The van der Waals surface area contributed by atoms with Gasteiger partial charge in [0, 0.05) is 56.2 Å². The van der Waals surface area contributed by atoms with Gasteiger partial charge in [-0.1, -0.05) is 30.3 Å². The molecule has 1 aliphatic rings. The van der Waals surface area contributed by atoms with E-state index >= 15 is 0 Å². The highest BCUT2D eigenvalue weighted by molar-refractivity contribution is 6.05. The van der Waals surface area contributed by atoms with Gasteiger partial charge in [-0.3, -0.25) is 9.20 Å². The number of imidazole rings is 1. The van der Waals surface area contributed by atoms with Crippen molar-refractivity contribution in [3.05, 3.63) is 120 Å². The van der Waals surface area contributed by atoms with Gasteiger partial charge in [0.1, 0.15) is 28.7 Å². The number of ether oxygens (including phenoxy) is 1. The van der Waals surface area contributed by atoms with Gasteiger partial charge in [0.15, 0.2) is 0 Å². The van der Waals surface area contributed by atoms with E-state index in [2.05, 4.69) is 44.6 Å². The number of nitrogens with one attached hydrogen (secondary N) is 2. The van der Waals surface area contributed by atoms with Crippen LogP contribution in [0, 0.1) is 11.6 Å². The summed E-state index contributed by atoms with van der Waals surface area (Å²) in [6.07, 6.45) is 4.49. The molecule has 1 aliphatic heterocycles. The lowest BCUT2D eigenvalue weighted by Gasteiger charge is -2.32. The summed E-state index contributed by atoms with van der Waals surface area (Å²) in [5.74, 6) is -1.28. The standard InChI is InChI=1S/C39H38F2N8O2/c1-3-51-33-24-26(16-19-48-22-20-47(2)21-23-48)13-14-31(33)43-39-42-17-15-32(44-39)37-35(45-34-12-4-5-18-49(34)37)27-8-6-9-28(25-27)38(50)46-36-29(40)10-7-11-30(36)41/h4-15,17-18,24-25H,3,16,19-23H2,1-2H3,(H,46,50)(H,42,43,44). The Hall–Kier alpha value is -5.72. The van der Waals surface area contributed by atoms with E-state index in [4.69, 9.17) is 14.7 Å². The van der Waals surface area contributed by atoms with Gasteiger partial charge in [0.05, 0.1) is 29.4 Å². The Labute approximate surface area is 294 Å². The van der Waals surface area contributed by atoms with Crippen molar-refractivity contribution in [3.63, 3.8) is 0 Å². The van der Waals surface area contributed by atoms with Crippen molar-refractivity contribution in [3.8, 4) is 28.4 Å². The Bertz CT molecular complexity index is 2160. The third kappa shape index (κ3) is 7.57. The number of pyridine rings is 1. The average molecular weight is 689 g/mol. The number of rotatable bonds is 11. The number of likely N-dealkylation sites (N-methyl/N-ethyl adjacent to an activating group) is 1. The Kier molecular flexibility index (Phi) is 9.95. The van der Waals surface area contributed by atoms with Gasteiger partial charge in [-0.05, 0) is 80.6 Å². The minimum absolute atomic E-state index is 0.207. The molecule has 12 heteroatoms. The number of carbonyl (C=O) groups is 1. The van der Waals surface area contributed by atoms with Crippen LogP contribution in [0.5, 0.6) is 5.75 Å². The molecule has 0 aliphatic carbocycles. The Morgan fingerprint density at radius 2 is 1.71 bits per heavy atom. The summed E-state index contributed by atoms with van der Waals surface area (Å²) in [7, 11) is 2.16. The lowest BCUT2D eigenvalue weighted by Crippen LogP contribution is -2.45. The minimum atomic E-state index is -0.860. The van der Waals surface area contributed by atoms with E-state index in [0.29, 0.717) is 40.8 Å². The Morgan fingerprint density at radius 3 is 2.51 bits per heavy atom. The molecule has 0 unspecified atom stereocenters. The minimum Gasteiger partial charge on any atom is -0.492 e. The molecule has 0 atom stereocenters. The topological polar surface area (TPSA) is 99.9 Å². The van der Waals surface area contributed by atoms with Crippen LogP contribution in [-0.2, 0) is 6.42 Å². The lowest BCUT2D eigenvalue weighted by atomic mass is 10.0. The number of carbonyl (C=O) groups excluding carboxylic acids is 1. The van der Waals surface area contributed by atoms with Crippen LogP contribution in [0.4, 0.5) is 26.1 Å². The van der Waals surface area contributed by atoms with Gasteiger partial charge < -0.3 is 25.2 Å². The zero-order valence-electron chi connectivity index (χ0n) is 28.4. The molecule has 51 heavy (non-hydrogen) atoms. The largest absolute Gasteiger partial charge is 0.492 e. The number of nitrogens with zero attached hydrogens (tertiary/aromatic N) is 6. The molecule has 260 valence electrons. The number of hydrogen-bond donors (Lipinski definition) is 2. The summed E-state index contributed by atoms with van der Waals surface area (Å²) >= 11 is 0. The Balaban J connectivity index is 1.17. The fraction of sp³-hybridized carbons (Fsp3) is 0.231. The summed E-state index contributed by atoms with van der Waals surface area (Å²) in [5, 5.41) is 5.71. The molecule has 0 saturated carbocycles. The van der Waals surface area contributed by atoms with E-state index in [9.17, 15) is 13.6 Å². The van der Waals surface area contributed by atoms with Crippen molar-refractivity contribution in [1.29, 1.82) is 0 Å². The number of hydrogen-bond acceptors (Lipinski definition) is 8. The van der Waals surface area contributed by atoms with Crippen LogP contribution in [0.15, 0.2) is 97.3 Å². The van der Waals surface area contributed by atoms with Gasteiger partial charge in [-0.25, -0.2) is 23.7 Å². The fourth-order valence-electron chi connectivity index (χ4n) is 6.18. The quantitative estimate of drug-likeness (QED) is 0.151. The molecule has 1 saturated heterocycles. The molecule has 10 nitrogen and oxygen atoms in total. The summed E-state index contributed by atoms with van der Waals surface area (Å²) in [4.78, 5) is 32.3. The van der Waals surface area contributed by atoms with Gasteiger partial charge in [-0.15, -0.1) is 0 Å². The van der Waals surface area contributed by atoms with Crippen molar-refractivity contribution in [1.82, 2.24) is 29.2 Å². The van der Waals surface area contributed by atoms with E-state index in [1.165, 1.54) is 11.6 Å². The van der Waals surface area contributed by atoms with Crippen molar-refractivity contribution in [2.75, 3.05) is 57.0 Å². The van der Waals surface area contributed by atoms with E-state index in [1.807, 2.05) is 47.9 Å². The van der Waals surface area contributed by atoms with Crippen molar-refractivity contribution < 1.29 is 18.3 Å². The molecule has 0 spiro atoms. The van der Waals surface area contributed by atoms with Crippen LogP contribution in [0.3, 0.4) is 0 Å². The summed E-state index contributed by atoms with van der Waals surface area (Å²) in [6.45, 7) is 7.80. The number of anilines is 3. The van der Waals surface area contributed by atoms with E-state index < -0.39 is 23.2 Å². The predicted octanol–water partition coefficient (Wildman–Crippen LogP) is 6.92. The summed E-state index contributed by atoms with van der Waals surface area (Å²) in [5.41, 5.74) is 4.78. The molecule has 1 fully saturated rings. The smallest absolute Gasteiger partial charge is 0.255 e. The number of fused-ring (bicyclic) bond motifs is 1. The van der Waals surface area contributed by atoms with E-state index in [-0.39, 0.29) is 5.56 Å². The van der Waals surface area contributed by atoms with Crippen LogP contribution in [0.2, 0.25) is 0 Å². The van der Waals surface area contributed by atoms with Gasteiger partial charge in [0.2, 0.25) is 5.95 Å². The van der Waals surface area contributed by atoms with Crippen LogP contribution in [0.25, 0.3) is 28.3 Å². The third-order valence-corrected chi connectivity index (χ3v) is 8.93. The first-order valence-electron chi connectivity index (χ1n) is 17.0. The normalized spacial score (nSPS) is 13.7. The number of amides is 1. The van der Waals surface area contributed by atoms with Crippen molar-refractivity contribution >= 4 is 28.9 Å². The monoisotopic (exact) mass is 688 g/mol. The van der Waals surface area contributed by atoms with Gasteiger partial charge in [-0.2, -0.15) is 0 Å². The molecular weight excluding hydrogens is 650 g/mol. The predicted molar refractivity (Wildman–Crippen MR) is 194 cm³/mol. The molecule has 6 aromatic rings. The SMILES string of the molecule is CCOc1cc(CCN2CCN(C)CC2)ccc1Nc1nccc(-c2c(-c3cccc(C(=O)Nc4c(F)cccc4F)c3)nc3ccccn23)n1. The number of piperazine rings is 1. The van der Waals surface area contributed by atoms with Crippen molar-refractivity contribution in [2.24, 2.45) is 0 Å². The number of para-hydroxylation sites is 1. The molecule has 3 aromatic carbocycles. The van der Waals surface area contributed by atoms with E-state index in [1.54, 1.807) is 30.5 Å². The second-order valence-corrected chi connectivity index (χ2v) is 12.4. The second-order valence-electron chi connectivity index (χ2n) is 12.4. The highest BCUT2D eigenvalue weighted by Crippen LogP contribution is 2.34. The maximum atomic E-state index is 14.3. The lowest BCUT2D eigenvalue weighted by molar-refractivity contribution is 0.102. The van der Waals surface area contributed by atoms with Crippen LogP contribution in [-0.4, -0.2) is 81.4 Å². The van der Waals surface area contributed by atoms with Crippen molar-refractivity contribution in [2.45, 2.75) is 13.3 Å². The molecule has 3 aromatic heterocycles. The first kappa shape index (κ1) is 33.8. The Morgan fingerprint density at radius 1 is 0.902 bits per heavy atom. The summed E-state index contributed by atoms with van der Waals surface area (Å²) in [6, 6.07) is 23.8. The molecule has 7 rings (SSSR count). The summed E-state index contributed by atoms with van der Waals surface area (Å²) < 4.78 is 36.5. The first-order valence-corrected chi connectivity index (χ1v) is 17.0. The molecule has 0 bridgehead atoms. The molecule has 0 radical (unpaired) electrons. The highest BCUT2D eigenvalue weighted by Gasteiger charge is 2.21. The molecular formula is C39H38F2N8O2. The molecule has 4 heterocycles. The van der Waals surface area contributed by atoms with Crippen LogP contribution in [0.1, 0.15) is 22.8 Å². The zero-order chi connectivity index (χ0) is 35.3. The number of halogens is 2. The van der Waals surface area contributed by atoms with Crippen LogP contribution < -0.4 is 15.4 Å². The van der Waals surface area contributed by atoms with Gasteiger partial charge >= 0.3 is 0 Å². The number of benzene rings is 3. The van der Waals surface area contributed by atoms with Gasteiger partial charge in [0.25, 0.3) is 5.91 Å². The highest BCUT2D eigenvalue weighted by atomic mass is 19.1. The third-order valence-electron chi connectivity index (χ3n) is 8.93. The fourth-order valence-corrected chi connectivity index (χ4v) is 6.18.